The van der Waals surface area contributed by atoms with Crippen molar-refractivity contribution in [2.24, 2.45) is 5.73 Å². The number of aromatic nitrogens is 2. The maximum Gasteiger partial charge on any atom is 0.287 e. The van der Waals surface area contributed by atoms with Gasteiger partial charge in [-0.05, 0) is 11.6 Å². The lowest BCUT2D eigenvalue weighted by atomic mass is 10.1. The van der Waals surface area contributed by atoms with E-state index in [1.165, 1.54) is 10.9 Å². The normalized spacial score (nSPS) is 13.3. The van der Waals surface area contributed by atoms with Crippen molar-refractivity contribution < 1.29 is 13.5 Å². The van der Waals surface area contributed by atoms with Crippen molar-refractivity contribution in [2.75, 3.05) is 6.61 Å². The monoisotopic (exact) mass is 281 g/mol. The van der Waals surface area contributed by atoms with Crippen molar-refractivity contribution in [3.8, 4) is 0 Å². The third-order valence-electron chi connectivity index (χ3n) is 2.89. The van der Waals surface area contributed by atoms with Gasteiger partial charge in [0, 0.05) is 12.4 Å². The number of halogens is 2. The SMILES string of the molecule is N[C@H](Cn1cccn1)C(F)(F)COCc1ccccc1. The quantitative estimate of drug-likeness (QED) is 0.845. The number of hydrogen-bond acceptors (Lipinski definition) is 3. The molecule has 2 aromatic rings. The zero-order valence-electron chi connectivity index (χ0n) is 11.0. The molecule has 0 saturated carbocycles. The minimum absolute atomic E-state index is 0.0469. The zero-order chi connectivity index (χ0) is 14.4. The van der Waals surface area contributed by atoms with E-state index in [0.717, 1.165) is 5.56 Å². The van der Waals surface area contributed by atoms with Crippen LogP contribution in [0.25, 0.3) is 0 Å². The van der Waals surface area contributed by atoms with Crippen LogP contribution in [0.15, 0.2) is 48.8 Å². The van der Waals surface area contributed by atoms with Crippen molar-refractivity contribution in [3.05, 3.63) is 54.4 Å². The highest BCUT2D eigenvalue weighted by atomic mass is 19.3. The standard InChI is InChI=1S/C14H17F2N3O/c15-14(16,13(17)9-19-8-4-7-18-19)11-20-10-12-5-2-1-3-6-12/h1-8,13H,9-11,17H2/t13-/m1/s1. The second-order valence-corrected chi connectivity index (χ2v) is 4.57. The van der Waals surface area contributed by atoms with Gasteiger partial charge in [0.1, 0.15) is 6.61 Å². The molecule has 1 heterocycles. The van der Waals surface area contributed by atoms with Gasteiger partial charge >= 0.3 is 0 Å². The molecule has 0 fully saturated rings. The Kier molecular flexibility index (Phi) is 4.81. The molecule has 2 N–H and O–H groups in total. The van der Waals surface area contributed by atoms with E-state index in [1.807, 2.05) is 30.3 Å². The van der Waals surface area contributed by atoms with Crippen molar-refractivity contribution in [1.29, 1.82) is 0 Å². The van der Waals surface area contributed by atoms with Crippen LogP contribution in [0.1, 0.15) is 5.56 Å². The predicted octanol–water partition coefficient (Wildman–Crippen LogP) is 2.06. The topological polar surface area (TPSA) is 53.1 Å². The Morgan fingerprint density at radius 3 is 2.65 bits per heavy atom. The summed E-state index contributed by atoms with van der Waals surface area (Å²) >= 11 is 0. The highest BCUT2D eigenvalue weighted by Gasteiger charge is 2.37. The van der Waals surface area contributed by atoms with Crippen LogP contribution >= 0.6 is 0 Å². The number of nitrogens with zero attached hydrogens (tertiary/aromatic N) is 2. The Balaban J connectivity index is 1.80. The summed E-state index contributed by atoms with van der Waals surface area (Å²) in [6, 6.07) is 9.50. The predicted molar refractivity (Wildman–Crippen MR) is 71.2 cm³/mol. The van der Waals surface area contributed by atoms with Gasteiger partial charge in [-0.2, -0.15) is 5.10 Å². The van der Waals surface area contributed by atoms with E-state index in [2.05, 4.69) is 5.10 Å². The van der Waals surface area contributed by atoms with Crippen LogP contribution in [0.3, 0.4) is 0 Å². The molecular formula is C14H17F2N3O. The van der Waals surface area contributed by atoms with Crippen molar-refractivity contribution >= 4 is 0 Å². The fourth-order valence-electron chi connectivity index (χ4n) is 1.73. The summed E-state index contributed by atoms with van der Waals surface area (Å²) in [6.45, 7) is -0.607. The van der Waals surface area contributed by atoms with Crippen LogP contribution in [-0.2, 0) is 17.9 Å². The highest BCUT2D eigenvalue weighted by Crippen LogP contribution is 2.19. The van der Waals surface area contributed by atoms with E-state index < -0.39 is 18.6 Å². The second kappa shape index (κ2) is 6.58. The molecule has 108 valence electrons. The average molecular weight is 281 g/mol. The van der Waals surface area contributed by atoms with Crippen LogP contribution in [0.4, 0.5) is 8.78 Å². The molecule has 0 saturated heterocycles. The fraction of sp³-hybridized carbons (Fsp3) is 0.357. The second-order valence-electron chi connectivity index (χ2n) is 4.57. The molecule has 1 atom stereocenters. The lowest BCUT2D eigenvalue weighted by Crippen LogP contribution is -2.47. The Morgan fingerprint density at radius 1 is 1.25 bits per heavy atom. The van der Waals surface area contributed by atoms with Crippen LogP contribution in [0.5, 0.6) is 0 Å². The minimum atomic E-state index is -3.10. The van der Waals surface area contributed by atoms with E-state index >= 15 is 0 Å². The van der Waals surface area contributed by atoms with E-state index in [1.54, 1.807) is 12.3 Å². The van der Waals surface area contributed by atoms with Gasteiger partial charge in [0.05, 0.1) is 19.2 Å². The van der Waals surface area contributed by atoms with E-state index in [0.29, 0.717) is 0 Å². The molecule has 4 nitrogen and oxygen atoms in total. The van der Waals surface area contributed by atoms with Gasteiger partial charge in [-0.3, -0.25) is 4.68 Å². The van der Waals surface area contributed by atoms with Crippen molar-refractivity contribution in [2.45, 2.75) is 25.1 Å². The zero-order valence-corrected chi connectivity index (χ0v) is 11.0. The van der Waals surface area contributed by atoms with Gasteiger partial charge < -0.3 is 10.5 Å². The summed E-state index contributed by atoms with van der Waals surface area (Å²) in [4.78, 5) is 0. The number of benzene rings is 1. The first-order valence-corrected chi connectivity index (χ1v) is 6.30. The van der Waals surface area contributed by atoms with E-state index in [9.17, 15) is 8.78 Å². The molecule has 1 aromatic carbocycles. The Bertz CT molecular complexity index is 502. The van der Waals surface area contributed by atoms with E-state index in [-0.39, 0.29) is 13.2 Å². The summed E-state index contributed by atoms with van der Waals surface area (Å²) in [7, 11) is 0. The van der Waals surface area contributed by atoms with Gasteiger partial charge in [0.2, 0.25) is 0 Å². The third-order valence-corrected chi connectivity index (χ3v) is 2.89. The molecule has 0 aliphatic rings. The van der Waals surface area contributed by atoms with Crippen LogP contribution < -0.4 is 5.73 Å². The highest BCUT2D eigenvalue weighted by molar-refractivity contribution is 5.13. The van der Waals surface area contributed by atoms with Crippen LogP contribution in [-0.4, -0.2) is 28.4 Å². The van der Waals surface area contributed by atoms with Crippen molar-refractivity contribution in [1.82, 2.24) is 9.78 Å². The lowest BCUT2D eigenvalue weighted by Gasteiger charge is -2.23. The Labute approximate surface area is 116 Å². The first-order valence-electron chi connectivity index (χ1n) is 6.30. The molecule has 0 bridgehead atoms. The van der Waals surface area contributed by atoms with Gasteiger partial charge in [-0.1, -0.05) is 30.3 Å². The summed E-state index contributed by atoms with van der Waals surface area (Å²) in [5.74, 6) is -3.10. The van der Waals surface area contributed by atoms with Gasteiger partial charge in [-0.25, -0.2) is 8.78 Å². The van der Waals surface area contributed by atoms with Gasteiger partial charge in [-0.15, -0.1) is 0 Å². The lowest BCUT2D eigenvalue weighted by molar-refractivity contribution is -0.101. The largest absolute Gasteiger partial charge is 0.370 e. The summed E-state index contributed by atoms with van der Waals surface area (Å²) in [5, 5.41) is 3.86. The molecule has 0 aliphatic heterocycles. The molecule has 20 heavy (non-hydrogen) atoms. The summed E-state index contributed by atoms with van der Waals surface area (Å²) < 4.78 is 34.1. The van der Waals surface area contributed by atoms with Crippen LogP contribution in [0, 0.1) is 0 Å². The first-order chi connectivity index (χ1) is 9.58. The molecule has 0 aliphatic carbocycles. The first kappa shape index (κ1) is 14.6. The molecule has 2 rings (SSSR count). The Hall–Kier alpha value is -1.79. The number of nitrogens with two attached hydrogens (primary N) is 1. The number of hydrogen-bond donors (Lipinski definition) is 1. The van der Waals surface area contributed by atoms with Gasteiger partial charge in [0.15, 0.2) is 0 Å². The smallest absolute Gasteiger partial charge is 0.287 e. The number of alkyl halides is 2. The van der Waals surface area contributed by atoms with Crippen LogP contribution in [0.2, 0.25) is 0 Å². The number of ether oxygens (including phenoxy) is 1. The Morgan fingerprint density at radius 2 is 2.00 bits per heavy atom. The average Bonchev–Trinajstić information content (AvgIpc) is 2.92. The molecular weight excluding hydrogens is 264 g/mol. The van der Waals surface area contributed by atoms with E-state index in [4.69, 9.17) is 10.5 Å². The molecule has 0 amide bonds. The summed E-state index contributed by atoms with van der Waals surface area (Å²) in [6.07, 6.45) is 3.12. The summed E-state index contributed by atoms with van der Waals surface area (Å²) in [5.41, 5.74) is 6.38. The minimum Gasteiger partial charge on any atom is -0.370 e. The maximum absolute atomic E-state index is 13.8. The maximum atomic E-state index is 13.8. The van der Waals surface area contributed by atoms with Crippen molar-refractivity contribution in [3.63, 3.8) is 0 Å². The molecule has 0 radical (unpaired) electrons. The molecule has 0 unspecified atom stereocenters. The molecule has 6 heteroatoms. The molecule has 1 aromatic heterocycles. The van der Waals surface area contributed by atoms with Gasteiger partial charge in [0.25, 0.3) is 5.92 Å². The number of rotatable bonds is 7. The molecule has 0 spiro atoms. The third kappa shape index (κ3) is 4.11. The fourth-order valence-corrected chi connectivity index (χ4v) is 1.73.